The molecule has 0 saturated heterocycles. The summed E-state index contributed by atoms with van der Waals surface area (Å²) in [6.45, 7) is 4.89. The van der Waals surface area contributed by atoms with E-state index >= 15 is 0 Å². The van der Waals surface area contributed by atoms with E-state index in [1.807, 2.05) is 0 Å². The van der Waals surface area contributed by atoms with E-state index in [9.17, 15) is 0 Å². The summed E-state index contributed by atoms with van der Waals surface area (Å²) < 4.78 is 0. The van der Waals surface area contributed by atoms with Crippen LogP contribution in [0.4, 0.5) is 17.1 Å². The van der Waals surface area contributed by atoms with Crippen molar-refractivity contribution in [1.82, 2.24) is 0 Å². The predicted octanol–water partition coefficient (Wildman–Crippen LogP) is 15.4. The summed E-state index contributed by atoms with van der Waals surface area (Å²) in [6, 6.07) is 53.9. The molecule has 0 heterocycles. The summed E-state index contributed by atoms with van der Waals surface area (Å²) in [4.78, 5) is 2.57. The predicted molar refractivity (Wildman–Crippen MR) is 233 cm³/mol. The Balaban J connectivity index is 1.06. The van der Waals surface area contributed by atoms with E-state index in [0.29, 0.717) is 11.8 Å². The topological polar surface area (TPSA) is 3.24 Å². The number of nitrogens with zero attached hydrogens (tertiary/aromatic N) is 1. The molecule has 3 atom stereocenters. The molecule has 1 heteroatoms. The molecule has 4 aliphatic rings. The molecule has 55 heavy (non-hydrogen) atoms. The fourth-order valence-electron chi connectivity index (χ4n) is 11.9. The number of hydrogen-bond acceptors (Lipinski definition) is 1. The van der Waals surface area contributed by atoms with E-state index in [0.717, 1.165) is 11.8 Å². The zero-order chi connectivity index (χ0) is 36.7. The normalized spacial score (nSPS) is 21.2. The standard InChI is InChI=1S/C54H51N/c1-54(2)51-34-41(28-29-46(51)49-21-11-20-48(53(49)54)43-19-10-15-38-14-6-7-16-42(38)43)55(40-26-24-37(25-27-40)36-12-4-3-5-13-36)52-31-30-45(44-17-8-9-18-47(44)52)50-33-35-22-23-39(50)32-35/h6-11,14-21,24-31,34-36,39,50H,3-5,12-13,22-23,32-33H2,1-2H3. The Morgan fingerprint density at radius 3 is 2.00 bits per heavy atom. The average Bonchev–Trinajstić information content (AvgIpc) is 3.94. The Morgan fingerprint density at radius 1 is 0.527 bits per heavy atom. The highest BCUT2D eigenvalue weighted by Crippen LogP contribution is 2.56. The van der Waals surface area contributed by atoms with Crippen LogP contribution in [-0.2, 0) is 5.41 Å². The van der Waals surface area contributed by atoms with Crippen LogP contribution in [0.15, 0.2) is 140 Å². The maximum Gasteiger partial charge on any atom is 0.0540 e. The minimum atomic E-state index is -0.182. The Hall–Kier alpha value is -5.14. The Bertz CT molecular complexity index is 2580. The first-order valence-corrected chi connectivity index (χ1v) is 21.2. The van der Waals surface area contributed by atoms with Gasteiger partial charge in [-0.25, -0.2) is 0 Å². The zero-order valence-corrected chi connectivity index (χ0v) is 32.4. The Kier molecular flexibility index (Phi) is 7.84. The zero-order valence-electron chi connectivity index (χ0n) is 32.4. The van der Waals surface area contributed by atoms with Gasteiger partial charge in [0, 0.05) is 22.2 Å². The third-order valence-corrected chi connectivity index (χ3v) is 14.5. The molecule has 1 nitrogen and oxygen atoms in total. The molecule has 7 aromatic carbocycles. The molecule has 3 fully saturated rings. The van der Waals surface area contributed by atoms with Crippen LogP contribution in [0.25, 0.3) is 43.8 Å². The molecule has 0 aliphatic heterocycles. The molecule has 0 spiro atoms. The smallest absolute Gasteiger partial charge is 0.0540 e. The molecule has 0 amide bonds. The van der Waals surface area contributed by atoms with Crippen LogP contribution in [0, 0.1) is 11.8 Å². The lowest BCUT2D eigenvalue weighted by molar-refractivity contribution is 0.422. The van der Waals surface area contributed by atoms with Crippen molar-refractivity contribution < 1.29 is 0 Å². The first kappa shape index (κ1) is 33.2. The van der Waals surface area contributed by atoms with Gasteiger partial charge in [0.2, 0.25) is 0 Å². The quantitative estimate of drug-likeness (QED) is 0.166. The van der Waals surface area contributed by atoms with Crippen molar-refractivity contribution >= 4 is 38.6 Å². The lowest BCUT2D eigenvalue weighted by atomic mass is 9.78. The second kappa shape index (κ2) is 13.0. The molecular formula is C54H51N. The van der Waals surface area contributed by atoms with E-state index in [2.05, 4.69) is 158 Å². The van der Waals surface area contributed by atoms with Gasteiger partial charge in [-0.15, -0.1) is 0 Å². The average molecular weight is 714 g/mol. The van der Waals surface area contributed by atoms with Crippen molar-refractivity contribution in [2.45, 2.75) is 88.9 Å². The molecule has 3 saturated carbocycles. The summed E-state index contributed by atoms with van der Waals surface area (Å²) in [5.41, 5.74) is 14.9. The largest absolute Gasteiger partial charge is 0.310 e. The van der Waals surface area contributed by atoms with Crippen molar-refractivity contribution in [1.29, 1.82) is 0 Å². The Labute approximate surface area is 327 Å². The van der Waals surface area contributed by atoms with E-state index in [1.54, 1.807) is 5.56 Å². The van der Waals surface area contributed by atoms with Crippen LogP contribution in [-0.4, -0.2) is 0 Å². The van der Waals surface area contributed by atoms with Crippen molar-refractivity contribution in [3.63, 3.8) is 0 Å². The third kappa shape index (κ3) is 5.33. The second-order valence-electron chi connectivity index (χ2n) is 17.9. The van der Waals surface area contributed by atoms with Crippen LogP contribution in [0.1, 0.15) is 106 Å². The van der Waals surface area contributed by atoms with Crippen LogP contribution in [0.2, 0.25) is 0 Å². The van der Waals surface area contributed by atoms with Crippen molar-refractivity contribution in [2.75, 3.05) is 4.90 Å². The summed E-state index contributed by atoms with van der Waals surface area (Å²) >= 11 is 0. The van der Waals surface area contributed by atoms with Crippen LogP contribution < -0.4 is 4.90 Å². The van der Waals surface area contributed by atoms with E-state index in [1.165, 1.54) is 135 Å². The lowest BCUT2D eigenvalue weighted by Crippen LogP contribution is -2.18. The highest BCUT2D eigenvalue weighted by atomic mass is 15.1. The number of anilines is 3. The van der Waals surface area contributed by atoms with Gasteiger partial charge < -0.3 is 4.90 Å². The summed E-state index contributed by atoms with van der Waals surface area (Å²) in [7, 11) is 0. The van der Waals surface area contributed by atoms with Crippen LogP contribution in [0.5, 0.6) is 0 Å². The third-order valence-electron chi connectivity index (χ3n) is 14.5. The Morgan fingerprint density at radius 2 is 1.22 bits per heavy atom. The van der Waals surface area contributed by atoms with E-state index in [4.69, 9.17) is 0 Å². The van der Waals surface area contributed by atoms with Crippen LogP contribution in [0.3, 0.4) is 0 Å². The van der Waals surface area contributed by atoms with Crippen LogP contribution >= 0.6 is 0 Å². The highest BCUT2D eigenvalue weighted by Gasteiger charge is 2.41. The maximum absolute atomic E-state index is 2.57. The highest BCUT2D eigenvalue weighted by molar-refractivity contribution is 6.03. The molecule has 272 valence electrons. The molecule has 0 N–H and O–H groups in total. The molecule has 2 bridgehead atoms. The molecular weight excluding hydrogens is 663 g/mol. The van der Waals surface area contributed by atoms with E-state index in [-0.39, 0.29) is 5.41 Å². The first-order chi connectivity index (χ1) is 27.0. The van der Waals surface area contributed by atoms with Gasteiger partial charge in [-0.2, -0.15) is 0 Å². The monoisotopic (exact) mass is 713 g/mol. The fraction of sp³-hybridized carbons (Fsp3) is 0.296. The van der Waals surface area contributed by atoms with Gasteiger partial charge >= 0.3 is 0 Å². The van der Waals surface area contributed by atoms with Gasteiger partial charge in [0.25, 0.3) is 0 Å². The summed E-state index contributed by atoms with van der Waals surface area (Å²) in [5.74, 6) is 3.15. The van der Waals surface area contributed by atoms with Gasteiger partial charge in [-0.3, -0.25) is 0 Å². The van der Waals surface area contributed by atoms with Gasteiger partial charge in [0.05, 0.1) is 5.69 Å². The minimum Gasteiger partial charge on any atom is -0.310 e. The van der Waals surface area contributed by atoms with Gasteiger partial charge in [0.1, 0.15) is 0 Å². The number of benzene rings is 7. The first-order valence-electron chi connectivity index (χ1n) is 21.2. The number of rotatable bonds is 6. The fourth-order valence-corrected chi connectivity index (χ4v) is 11.9. The van der Waals surface area contributed by atoms with Gasteiger partial charge in [-0.05, 0) is 147 Å². The van der Waals surface area contributed by atoms with Crippen molar-refractivity contribution in [2.24, 2.45) is 11.8 Å². The SMILES string of the molecule is CC1(C)c2cc(N(c3ccc(C4CCCCC4)cc3)c3ccc(C4CC5CCC4C5)c4ccccc34)ccc2-c2cccc(-c3cccc4ccccc34)c21. The minimum absolute atomic E-state index is 0.182. The number of fused-ring (bicyclic) bond motifs is 7. The molecule has 0 aromatic heterocycles. The molecule has 4 aliphatic carbocycles. The molecule has 11 rings (SSSR count). The van der Waals surface area contributed by atoms with Gasteiger partial charge in [-0.1, -0.05) is 149 Å². The molecule has 0 radical (unpaired) electrons. The lowest BCUT2D eigenvalue weighted by Gasteiger charge is -2.31. The molecule has 7 aromatic rings. The summed E-state index contributed by atoms with van der Waals surface area (Å²) in [6.07, 6.45) is 12.4. The number of hydrogen-bond donors (Lipinski definition) is 0. The van der Waals surface area contributed by atoms with Crippen molar-refractivity contribution in [3.05, 3.63) is 162 Å². The van der Waals surface area contributed by atoms with E-state index < -0.39 is 0 Å². The van der Waals surface area contributed by atoms with Gasteiger partial charge in [0.15, 0.2) is 0 Å². The summed E-state index contributed by atoms with van der Waals surface area (Å²) in [5, 5.41) is 5.40. The second-order valence-corrected chi connectivity index (χ2v) is 17.9. The molecule has 3 unspecified atom stereocenters. The van der Waals surface area contributed by atoms with Crippen molar-refractivity contribution in [3.8, 4) is 22.3 Å². The maximum atomic E-state index is 2.57.